The third kappa shape index (κ3) is 5.34. The van der Waals surface area contributed by atoms with Gasteiger partial charge in [-0.05, 0) is 47.7 Å². The molecular formula is C22H20N2O3S2. The molecule has 3 aromatic rings. The summed E-state index contributed by atoms with van der Waals surface area (Å²) in [6.45, 7) is 1.46. The first-order valence-corrected chi connectivity index (χ1v) is 10.8. The summed E-state index contributed by atoms with van der Waals surface area (Å²) >= 11 is 3.12. The molecule has 2 aromatic carbocycles. The Morgan fingerprint density at radius 1 is 1.07 bits per heavy atom. The van der Waals surface area contributed by atoms with E-state index in [-0.39, 0.29) is 11.9 Å². The number of amides is 1. The van der Waals surface area contributed by atoms with Crippen LogP contribution in [0.2, 0.25) is 0 Å². The summed E-state index contributed by atoms with van der Waals surface area (Å²) in [5.74, 6) is -0.520. The topological polar surface area (TPSA) is 68.3 Å². The van der Waals surface area contributed by atoms with E-state index in [2.05, 4.69) is 34.6 Å². The molecule has 0 bridgehead atoms. The highest BCUT2D eigenvalue weighted by molar-refractivity contribution is 7.98. The third-order valence-electron chi connectivity index (χ3n) is 4.05. The van der Waals surface area contributed by atoms with Crippen LogP contribution in [0.25, 0.3) is 22.6 Å². The van der Waals surface area contributed by atoms with Crippen molar-refractivity contribution < 1.29 is 14.3 Å². The average Bonchev–Trinajstić information content (AvgIpc) is 3.14. The maximum Gasteiger partial charge on any atom is 0.337 e. The number of aromatic nitrogens is 1. The third-order valence-corrected chi connectivity index (χ3v) is 5.83. The van der Waals surface area contributed by atoms with Crippen LogP contribution in [0.1, 0.15) is 28.5 Å². The van der Waals surface area contributed by atoms with Gasteiger partial charge in [-0.25, -0.2) is 9.78 Å². The Kier molecular flexibility index (Phi) is 6.85. The Bertz CT molecular complexity index is 1040. The summed E-state index contributed by atoms with van der Waals surface area (Å²) < 4.78 is 4.72. The van der Waals surface area contributed by atoms with Crippen LogP contribution in [-0.4, -0.2) is 30.2 Å². The number of carbonyl (C=O) groups is 2. The smallest absolute Gasteiger partial charge is 0.337 e. The molecule has 1 heterocycles. The van der Waals surface area contributed by atoms with Crippen LogP contribution in [-0.2, 0) is 9.53 Å². The van der Waals surface area contributed by atoms with Crippen molar-refractivity contribution in [1.29, 1.82) is 0 Å². The molecule has 0 saturated heterocycles. The van der Waals surface area contributed by atoms with Gasteiger partial charge in [0, 0.05) is 11.8 Å². The van der Waals surface area contributed by atoms with Gasteiger partial charge in [0.2, 0.25) is 5.91 Å². The fraction of sp³-hybridized carbons (Fsp3) is 0.136. The van der Waals surface area contributed by atoms with Gasteiger partial charge in [0.05, 0.1) is 23.2 Å². The number of thiazole rings is 1. The summed E-state index contributed by atoms with van der Waals surface area (Å²) in [4.78, 5) is 29.7. The van der Waals surface area contributed by atoms with Crippen LogP contribution in [0, 0.1) is 0 Å². The fourth-order valence-electron chi connectivity index (χ4n) is 2.62. The minimum atomic E-state index is -0.365. The van der Waals surface area contributed by atoms with Crippen molar-refractivity contribution in [3.05, 3.63) is 65.4 Å². The van der Waals surface area contributed by atoms with E-state index >= 15 is 0 Å². The van der Waals surface area contributed by atoms with Crippen molar-refractivity contribution in [3.63, 3.8) is 0 Å². The van der Waals surface area contributed by atoms with E-state index in [1.807, 2.05) is 30.5 Å². The van der Waals surface area contributed by atoms with Crippen molar-refractivity contribution in [3.8, 4) is 10.4 Å². The number of nitrogens with zero attached hydrogens (tertiary/aromatic N) is 1. The normalized spacial score (nSPS) is 10.9. The van der Waals surface area contributed by atoms with E-state index < -0.39 is 0 Å². The minimum absolute atomic E-state index is 0.156. The monoisotopic (exact) mass is 424 g/mol. The number of anilines is 1. The first-order chi connectivity index (χ1) is 14.0. The van der Waals surface area contributed by atoms with Gasteiger partial charge >= 0.3 is 5.97 Å². The molecule has 0 radical (unpaired) electrons. The van der Waals surface area contributed by atoms with Crippen LogP contribution in [0.15, 0.2) is 53.4 Å². The van der Waals surface area contributed by atoms with Crippen molar-refractivity contribution in [1.82, 2.24) is 4.98 Å². The summed E-state index contributed by atoms with van der Waals surface area (Å²) in [5.41, 5.74) is 3.24. The molecule has 29 heavy (non-hydrogen) atoms. The van der Waals surface area contributed by atoms with Gasteiger partial charge in [-0.3, -0.25) is 4.79 Å². The predicted octanol–water partition coefficient (Wildman–Crippen LogP) is 5.45. The zero-order valence-corrected chi connectivity index (χ0v) is 17.9. The highest BCUT2D eigenvalue weighted by Gasteiger charge is 2.12. The lowest BCUT2D eigenvalue weighted by Crippen LogP contribution is -2.04. The lowest BCUT2D eigenvalue weighted by atomic mass is 10.1. The molecule has 0 saturated carbocycles. The van der Waals surface area contributed by atoms with Crippen LogP contribution in [0.5, 0.6) is 0 Å². The van der Waals surface area contributed by atoms with E-state index in [0.717, 1.165) is 21.7 Å². The number of carbonyl (C=O) groups excluding carboxylic acids is 2. The molecule has 0 unspecified atom stereocenters. The molecule has 1 amide bonds. The Morgan fingerprint density at radius 2 is 1.76 bits per heavy atom. The first kappa shape index (κ1) is 20.8. The average molecular weight is 425 g/mol. The lowest BCUT2D eigenvalue weighted by Gasteiger charge is -2.01. The van der Waals surface area contributed by atoms with Crippen molar-refractivity contribution in [2.45, 2.75) is 11.8 Å². The number of ether oxygens (including phenoxy) is 1. The second-order valence-corrected chi connectivity index (χ2v) is 7.97. The van der Waals surface area contributed by atoms with Gasteiger partial charge < -0.3 is 10.1 Å². The Morgan fingerprint density at radius 3 is 2.34 bits per heavy atom. The zero-order valence-electron chi connectivity index (χ0n) is 16.3. The second kappa shape index (κ2) is 9.54. The van der Waals surface area contributed by atoms with Gasteiger partial charge in [-0.1, -0.05) is 41.7 Å². The lowest BCUT2D eigenvalue weighted by molar-refractivity contribution is -0.114. The molecule has 5 nitrogen and oxygen atoms in total. The molecule has 1 N–H and O–H groups in total. The molecular weight excluding hydrogens is 404 g/mol. The Labute approximate surface area is 177 Å². The number of hydrogen-bond donors (Lipinski definition) is 1. The highest BCUT2D eigenvalue weighted by Crippen LogP contribution is 2.35. The van der Waals surface area contributed by atoms with Crippen molar-refractivity contribution >= 4 is 52.3 Å². The van der Waals surface area contributed by atoms with Crippen molar-refractivity contribution in [2.24, 2.45) is 0 Å². The molecule has 0 fully saturated rings. The molecule has 148 valence electrons. The van der Waals surface area contributed by atoms with E-state index in [4.69, 9.17) is 4.74 Å². The molecule has 0 aliphatic heterocycles. The number of thioether (sulfide) groups is 1. The van der Waals surface area contributed by atoms with E-state index in [9.17, 15) is 9.59 Å². The molecule has 0 atom stereocenters. The van der Waals surface area contributed by atoms with Crippen LogP contribution < -0.4 is 5.32 Å². The summed E-state index contributed by atoms with van der Waals surface area (Å²) in [6, 6.07) is 15.4. The number of nitrogens with one attached hydrogen (secondary N) is 1. The largest absolute Gasteiger partial charge is 0.465 e. The van der Waals surface area contributed by atoms with Gasteiger partial charge in [0.25, 0.3) is 0 Å². The molecule has 0 aliphatic rings. The SMILES string of the molecule is COC(=O)c1ccc(/C=C/c2nc(NC(C)=O)sc2-c2ccc(SC)cc2)cc1. The standard InChI is InChI=1S/C22H20N2O3S2/c1-14(25)23-22-24-19(20(29-22)16-9-11-18(28-3)12-10-16)13-6-15-4-7-17(8-5-15)21(26)27-2/h4-13H,1-3H3,(H,23,24,25)/b13-6+. The number of rotatable bonds is 6. The van der Waals surface area contributed by atoms with Gasteiger partial charge in [-0.2, -0.15) is 0 Å². The van der Waals surface area contributed by atoms with Gasteiger partial charge in [0.15, 0.2) is 5.13 Å². The molecule has 0 spiro atoms. The number of benzene rings is 2. The Hall–Kier alpha value is -2.90. The van der Waals surface area contributed by atoms with Gasteiger partial charge in [0.1, 0.15) is 0 Å². The fourth-order valence-corrected chi connectivity index (χ4v) is 4.03. The second-order valence-electron chi connectivity index (χ2n) is 6.09. The van der Waals surface area contributed by atoms with Crippen LogP contribution in [0.3, 0.4) is 0 Å². The van der Waals surface area contributed by atoms with E-state index in [1.54, 1.807) is 23.9 Å². The van der Waals surface area contributed by atoms with E-state index in [1.165, 1.54) is 30.3 Å². The number of methoxy groups -OCH3 is 1. The molecule has 1 aromatic heterocycles. The van der Waals surface area contributed by atoms with Gasteiger partial charge in [-0.15, -0.1) is 11.8 Å². The Balaban J connectivity index is 1.91. The zero-order chi connectivity index (χ0) is 20.8. The molecule has 0 aliphatic carbocycles. The van der Waals surface area contributed by atoms with E-state index in [0.29, 0.717) is 10.7 Å². The summed E-state index contributed by atoms with van der Waals surface area (Å²) in [5, 5.41) is 3.32. The van der Waals surface area contributed by atoms with Crippen molar-refractivity contribution in [2.75, 3.05) is 18.7 Å². The molecule has 3 rings (SSSR count). The quantitative estimate of drug-likeness (QED) is 0.421. The van der Waals surface area contributed by atoms with Crippen LogP contribution in [0.4, 0.5) is 5.13 Å². The maximum absolute atomic E-state index is 11.6. The first-order valence-electron chi connectivity index (χ1n) is 8.79. The summed E-state index contributed by atoms with van der Waals surface area (Å²) in [6.07, 6.45) is 5.87. The van der Waals surface area contributed by atoms with Crippen LogP contribution >= 0.6 is 23.1 Å². The highest BCUT2D eigenvalue weighted by atomic mass is 32.2. The number of hydrogen-bond acceptors (Lipinski definition) is 6. The predicted molar refractivity (Wildman–Crippen MR) is 120 cm³/mol. The molecule has 7 heteroatoms. The summed E-state index contributed by atoms with van der Waals surface area (Å²) in [7, 11) is 1.36. The maximum atomic E-state index is 11.6. The minimum Gasteiger partial charge on any atom is -0.465 e. The number of esters is 1.